The maximum atomic E-state index is 12.0. The van der Waals surface area contributed by atoms with Crippen LogP contribution in [0.3, 0.4) is 0 Å². The van der Waals surface area contributed by atoms with Gasteiger partial charge in [-0.15, -0.1) is 11.8 Å². The average Bonchev–Trinajstić information content (AvgIpc) is 2.39. The summed E-state index contributed by atoms with van der Waals surface area (Å²) in [6.07, 6.45) is 0. The third kappa shape index (κ3) is 4.43. The number of anilines is 1. The number of hydrogen-bond acceptors (Lipinski definition) is 4. The lowest BCUT2D eigenvalue weighted by Crippen LogP contribution is -2.49. The molecule has 6 heteroatoms. The molecule has 1 amide bonds. The minimum absolute atomic E-state index is 0.0392. The fourth-order valence-electron chi connectivity index (χ4n) is 1.40. The van der Waals surface area contributed by atoms with Crippen molar-refractivity contribution in [3.8, 4) is 6.07 Å². The molecule has 0 saturated carbocycles. The molecule has 0 aliphatic rings. The van der Waals surface area contributed by atoms with Crippen LogP contribution >= 0.6 is 27.7 Å². The average molecular weight is 356 g/mol. The molecule has 4 nitrogen and oxygen atoms in total. The lowest BCUT2D eigenvalue weighted by molar-refractivity contribution is -0.120. The third-order valence-electron chi connectivity index (χ3n) is 3.12. The van der Waals surface area contributed by atoms with Gasteiger partial charge in [-0.3, -0.25) is 4.79 Å². The van der Waals surface area contributed by atoms with E-state index in [-0.39, 0.29) is 17.6 Å². The highest BCUT2D eigenvalue weighted by Crippen LogP contribution is 2.28. The number of nitrogen functional groups attached to an aromatic ring is 1. The topological polar surface area (TPSA) is 78.9 Å². The second-order valence-corrected chi connectivity index (χ2v) is 6.92. The number of nitrogens with two attached hydrogens (primary N) is 1. The number of nitriles is 1. The van der Waals surface area contributed by atoms with E-state index in [0.29, 0.717) is 5.69 Å². The Morgan fingerprint density at radius 3 is 2.80 bits per heavy atom. The number of nitrogens with one attached hydrogen (secondary N) is 1. The van der Waals surface area contributed by atoms with Crippen LogP contribution in [0, 0.1) is 17.2 Å². The Hall–Kier alpha value is -1.19. The molecule has 1 rings (SSSR count). The molecule has 20 heavy (non-hydrogen) atoms. The number of nitrogens with zero attached hydrogens (tertiary/aromatic N) is 1. The van der Waals surface area contributed by atoms with Crippen LogP contribution in [0.1, 0.15) is 20.8 Å². The first kappa shape index (κ1) is 16.9. The lowest BCUT2D eigenvalue weighted by Gasteiger charge is -2.27. The predicted octanol–water partition coefficient (Wildman–Crippen LogP) is 3.18. The van der Waals surface area contributed by atoms with Gasteiger partial charge in [0.25, 0.3) is 0 Å². The van der Waals surface area contributed by atoms with E-state index >= 15 is 0 Å². The molecule has 3 N–H and O–H groups in total. The summed E-state index contributed by atoms with van der Waals surface area (Å²) >= 11 is 4.73. The van der Waals surface area contributed by atoms with Crippen molar-refractivity contribution >= 4 is 39.3 Å². The molecule has 0 aliphatic heterocycles. The number of hydrogen-bond donors (Lipinski definition) is 2. The molecular formula is C14H18BrN3OS. The van der Waals surface area contributed by atoms with E-state index in [1.165, 1.54) is 11.8 Å². The van der Waals surface area contributed by atoms with E-state index < -0.39 is 5.54 Å². The zero-order valence-electron chi connectivity index (χ0n) is 11.7. The Kier molecular flexibility index (Phi) is 5.90. The molecule has 0 bridgehead atoms. The Bertz CT molecular complexity index is 542. The normalized spacial score (nSPS) is 13.6. The number of halogens is 1. The van der Waals surface area contributed by atoms with Crippen LogP contribution in [-0.4, -0.2) is 17.2 Å². The Morgan fingerprint density at radius 1 is 1.60 bits per heavy atom. The maximum absolute atomic E-state index is 12.0. The van der Waals surface area contributed by atoms with Crippen LogP contribution in [-0.2, 0) is 4.79 Å². The number of carbonyl (C=O) groups is 1. The Balaban J connectivity index is 2.65. The molecular weight excluding hydrogens is 338 g/mol. The van der Waals surface area contributed by atoms with Crippen molar-refractivity contribution in [2.75, 3.05) is 11.5 Å². The number of thioether (sulfide) groups is 1. The van der Waals surface area contributed by atoms with Crippen LogP contribution in [0.15, 0.2) is 27.6 Å². The van der Waals surface area contributed by atoms with Crippen LogP contribution in [0.5, 0.6) is 0 Å². The maximum Gasteiger partial charge on any atom is 0.231 e. The SMILES string of the molecule is CC(C)C(C)(C#N)NC(=O)CSc1cc(Br)ccc1N. The first-order valence-corrected chi connectivity index (χ1v) is 7.96. The smallest absolute Gasteiger partial charge is 0.231 e. The van der Waals surface area contributed by atoms with E-state index in [0.717, 1.165) is 9.37 Å². The summed E-state index contributed by atoms with van der Waals surface area (Å²) in [6.45, 7) is 5.54. The van der Waals surface area contributed by atoms with Gasteiger partial charge in [-0.05, 0) is 31.0 Å². The highest BCUT2D eigenvalue weighted by Gasteiger charge is 2.29. The van der Waals surface area contributed by atoms with Gasteiger partial charge in [0, 0.05) is 15.1 Å². The summed E-state index contributed by atoms with van der Waals surface area (Å²) in [5, 5.41) is 11.9. The summed E-state index contributed by atoms with van der Waals surface area (Å²) in [7, 11) is 0. The molecule has 1 unspecified atom stereocenters. The fourth-order valence-corrected chi connectivity index (χ4v) is 2.72. The van der Waals surface area contributed by atoms with Crippen LogP contribution < -0.4 is 11.1 Å². The first-order chi connectivity index (χ1) is 9.28. The summed E-state index contributed by atoms with van der Waals surface area (Å²) in [5.74, 6) is 0.0921. The van der Waals surface area contributed by atoms with Crippen molar-refractivity contribution in [2.24, 2.45) is 5.92 Å². The minimum atomic E-state index is -0.847. The predicted molar refractivity (Wildman–Crippen MR) is 86.3 cm³/mol. The summed E-state index contributed by atoms with van der Waals surface area (Å²) in [4.78, 5) is 12.8. The molecule has 0 aliphatic carbocycles. The van der Waals surface area contributed by atoms with Gasteiger partial charge < -0.3 is 11.1 Å². The zero-order chi connectivity index (χ0) is 15.3. The molecule has 0 fully saturated rings. The van der Waals surface area contributed by atoms with Gasteiger partial charge in [-0.1, -0.05) is 29.8 Å². The molecule has 0 spiro atoms. The molecule has 0 heterocycles. The van der Waals surface area contributed by atoms with Crippen molar-refractivity contribution < 1.29 is 4.79 Å². The standard InChI is InChI=1S/C14H18BrN3OS/c1-9(2)14(3,8-16)18-13(19)7-20-12-6-10(15)4-5-11(12)17/h4-6,9H,7,17H2,1-3H3,(H,18,19). The quantitative estimate of drug-likeness (QED) is 0.627. The van der Waals surface area contributed by atoms with Gasteiger partial charge in [-0.25, -0.2) is 0 Å². The van der Waals surface area contributed by atoms with Crippen LogP contribution in [0.4, 0.5) is 5.69 Å². The fraction of sp³-hybridized carbons (Fsp3) is 0.429. The van der Waals surface area contributed by atoms with Crippen molar-refractivity contribution in [1.29, 1.82) is 5.26 Å². The molecule has 0 saturated heterocycles. The van der Waals surface area contributed by atoms with E-state index in [1.807, 2.05) is 26.0 Å². The molecule has 0 aromatic heterocycles. The minimum Gasteiger partial charge on any atom is -0.398 e. The van der Waals surface area contributed by atoms with Crippen LogP contribution in [0.2, 0.25) is 0 Å². The lowest BCUT2D eigenvalue weighted by atomic mass is 9.90. The van der Waals surface area contributed by atoms with Gasteiger partial charge in [-0.2, -0.15) is 5.26 Å². The largest absolute Gasteiger partial charge is 0.398 e. The molecule has 0 radical (unpaired) electrons. The van der Waals surface area contributed by atoms with E-state index in [9.17, 15) is 10.1 Å². The van der Waals surface area contributed by atoms with Gasteiger partial charge in [0.15, 0.2) is 0 Å². The third-order valence-corrected chi connectivity index (χ3v) is 4.68. The summed E-state index contributed by atoms with van der Waals surface area (Å²) in [5.41, 5.74) is 5.64. The van der Waals surface area contributed by atoms with Gasteiger partial charge in [0.1, 0.15) is 5.54 Å². The van der Waals surface area contributed by atoms with Gasteiger partial charge in [0.05, 0.1) is 11.8 Å². The summed E-state index contributed by atoms with van der Waals surface area (Å²) < 4.78 is 0.915. The zero-order valence-corrected chi connectivity index (χ0v) is 14.1. The number of carbonyl (C=O) groups excluding carboxylic acids is 1. The molecule has 1 aromatic carbocycles. The molecule has 108 valence electrons. The highest BCUT2D eigenvalue weighted by molar-refractivity contribution is 9.10. The number of amides is 1. The number of rotatable bonds is 5. The van der Waals surface area contributed by atoms with Crippen molar-refractivity contribution in [3.63, 3.8) is 0 Å². The van der Waals surface area contributed by atoms with E-state index in [4.69, 9.17) is 5.73 Å². The second kappa shape index (κ2) is 7.00. The van der Waals surface area contributed by atoms with E-state index in [2.05, 4.69) is 27.3 Å². The monoisotopic (exact) mass is 355 g/mol. The van der Waals surface area contributed by atoms with E-state index in [1.54, 1.807) is 13.0 Å². The summed E-state index contributed by atoms with van der Waals surface area (Å²) in [6, 6.07) is 7.67. The van der Waals surface area contributed by atoms with Crippen molar-refractivity contribution in [1.82, 2.24) is 5.32 Å². The van der Waals surface area contributed by atoms with Gasteiger partial charge in [0.2, 0.25) is 5.91 Å². The second-order valence-electron chi connectivity index (χ2n) is 4.99. The Labute approximate surface area is 132 Å². The molecule has 1 atom stereocenters. The first-order valence-electron chi connectivity index (χ1n) is 6.18. The Morgan fingerprint density at radius 2 is 2.25 bits per heavy atom. The highest BCUT2D eigenvalue weighted by atomic mass is 79.9. The number of benzene rings is 1. The van der Waals surface area contributed by atoms with Gasteiger partial charge >= 0.3 is 0 Å². The van der Waals surface area contributed by atoms with Crippen molar-refractivity contribution in [2.45, 2.75) is 31.2 Å². The van der Waals surface area contributed by atoms with Crippen LogP contribution in [0.25, 0.3) is 0 Å². The molecule has 1 aromatic rings. The van der Waals surface area contributed by atoms with Crippen molar-refractivity contribution in [3.05, 3.63) is 22.7 Å².